The molecule has 0 heterocycles. The van der Waals surface area contributed by atoms with Crippen LogP contribution in [0, 0.1) is 34.3 Å². The summed E-state index contributed by atoms with van der Waals surface area (Å²) in [4.78, 5) is -0.0339. The molecule has 122 valence electrons. The number of nitrogens with one attached hydrogen (secondary N) is 1. The lowest BCUT2D eigenvalue weighted by Gasteiger charge is -2.16. The van der Waals surface area contributed by atoms with Crippen molar-refractivity contribution in [2.24, 2.45) is 0 Å². The summed E-state index contributed by atoms with van der Waals surface area (Å²) in [5.74, 6) is -0.832. The summed E-state index contributed by atoms with van der Waals surface area (Å²) in [5, 5.41) is 20.9. The highest BCUT2D eigenvalue weighted by Crippen LogP contribution is 2.38. The number of nitriles is 2. The van der Waals surface area contributed by atoms with Crippen LogP contribution in [-0.2, 0) is 0 Å². The van der Waals surface area contributed by atoms with Crippen LogP contribution in [0.5, 0.6) is 5.75 Å². The first kappa shape index (κ1) is 17.6. The van der Waals surface area contributed by atoms with Crippen molar-refractivity contribution in [1.29, 1.82) is 10.5 Å². The molecule has 7 heteroatoms. The third kappa shape index (κ3) is 3.27. The van der Waals surface area contributed by atoms with Crippen molar-refractivity contribution in [3.8, 4) is 17.9 Å². The normalized spacial score (nSPS) is 9.92. The Morgan fingerprint density at radius 3 is 2.42 bits per heavy atom. The molecule has 0 radical (unpaired) electrons. The van der Waals surface area contributed by atoms with Gasteiger partial charge in [0.2, 0.25) is 0 Å². The first-order valence-corrected chi connectivity index (χ1v) is 7.94. The minimum atomic E-state index is -0.950. The van der Waals surface area contributed by atoms with Gasteiger partial charge in [-0.2, -0.15) is 10.5 Å². The van der Waals surface area contributed by atoms with Gasteiger partial charge in [0.15, 0.2) is 11.6 Å². The summed E-state index contributed by atoms with van der Waals surface area (Å²) >= 11 is 1.05. The minimum Gasteiger partial charge on any atom is -0.497 e. The van der Waals surface area contributed by atoms with E-state index in [2.05, 4.69) is 5.32 Å². The summed E-state index contributed by atoms with van der Waals surface area (Å²) < 4.78 is 34.4. The average Bonchev–Trinajstić information content (AvgIpc) is 2.60. The van der Waals surface area contributed by atoms with E-state index >= 15 is 0 Å². The van der Waals surface area contributed by atoms with E-state index in [1.54, 1.807) is 43.3 Å². The molecule has 0 aromatic heterocycles. The topological polar surface area (TPSA) is 68.8 Å². The first-order valence-electron chi connectivity index (χ1n) is 6.96. The highest BCUT2D eigenvalue weighted by atomic mass is 32.2. The number of benzene rings is 2. The zero-order valence-corrected chi connectivity index (χ0v) is 13.8. The molecule has 0 amide bonds. The number of hydrogen-bond donors (Lipinski definition) is 1. The van der Waals surface area contributed by atoms with E-state index in [0.717, 1.165) is 11.8 Å². The van der Waals surface area contributed by atoms with Crippen LogP contribution >= 0.6 is 11.8 Å². The number of anilines is 2. The summed E-state index contributed by atoms with van der Waals surface area (Å²) in [6, 6.07) is 9.80. The molecule has 0 saturated carbocycles. The van der Waals surface area contributed by atoms with E-state index < -0.39 is 22.8 Å². The second-order valence-electron chi connectivity index (χ2n) is 4.60. The number of methoxy groups -OCH3 is 1. The number of hydrogen-bond acceptors (Lipinski definition) is 5. The molecular weight excluding hydrogens is 332 g/mol. The third-order valence-corrected chi connectivity index (χ3v) is 4.15. The Balaban J connectivity index is 2.65. The Kier molecular flexibility index (Phi) is 5.62. The molecule has 0 aliphatic heterocycles. The molecule has 2 rings (SSSR count). The number of rotatable bonds is 5. The fourth-order valence-corrected chi connectivity index (χ4v) is 2.92. The van der Waals surface area contributed by atoms with Gasteiger partial charge < -0.3 is 10.1 Å². The molecule has 2 aromatic carbocycles. The van der Waals surface area contributed by atoms with Gasteiger partial charge in [-0.15, -0.1) is 11.8 Å². The van der Waals surface area contributed by atoms with Gasteiger partial charge in [-0.05, 0) is 17.9 Å². The number of halogens is 2. The predicted octanol–water partition coefficient (Wildman–Crippen LogP) is 4.57. The van der Waals surface area contributed by atoms with Crippen LogP contribution in [0.1, 0.15) is 18.1 Å². The molecule has 24 heavy (non-hydrogen) atoms. The smallest absolute Gasteiger partial charge is 0.167 e. The largest absolute Gasteiger partial charge is 0.497 e. The van der Waals surface area contributed by atoms with Gasteiger partial charge in [-0.25, -0.2) is 8.78 Å². The zero-order valence-electron chi connectivity index (χ0n) is 13.0. The maximum absolute atomic E-state index is 14.7. The molecular formula is C17H13F2N3OS. The summed E-state index contributed by atoms with van der Waals surface area (Å²) in [7, 11) is 1.49. The number of ether oxygens (including phenoxy) is 1. The van der Waals surface area contributed by atoms with E-state index in [1.807, 2.05) is 0 Å². The maximum Gasteiger partial charge on any atom is 0.167 e. The highest BCUT2D eigenvalue weighted by molar-refractivity contribution is 7.99. The van der Waals surface area contributed by atoms with Crippen molar-refractivity contribution in [2.45, 2.75) is 11.8 Å². The molecule has 0 saturated heterocycles. The number of thioether (sulfide) groups is 1. The van der Waals surface area contributed by atoms with Gasteiger partial charge >= 0.3 is 0 Å². The van der Waals surface area contributed by atoms with Crippen LogP contribution in [0.15, 0.2) is 29.2 Å². The lowest BCUT2D eigenvalue weighted by Crippen LogP contribution is -2.05. The van der Waals surface area contributed by atoms with Crippen molar-refractivity contribution < 1.29 is 13.5 Å². The lowest BCUT2D eigenvalue weighted by atomic mass is 10.1. The van der Waals surface area contributed by atoms with Crippen LogP contribution in [0.25, 0.3) is 0 Å². The van der Waals surface area contributed by atoms with Crippen LogP contribution < -0.4 is 10.1 Å². The van der Waals surface area contributed by atoms with Gasteiger partial charge in [0.1, 0.15) is 29.0 Å². The molecule has 0 unspecified atom stereocenters. The fourth-order valence-electron chi connectivity index (χ4n) is 2.11. The Hall–Kier alpha value is -2.77. The number of nitrogens with zero attached hydrogens (tertiary/aromatic N) is 2. The fraction of sp³-hybridized carbons (Fsp3) is 0.176. The molecule has 0 atom stereocenters. The van der Waals surface area contributed by atoms with E-state index in [-0.39, 0.29) is 10.6 Å². The monoisotopic (exact) mass is 345 g/mol. The molecule has 0 aliphatic rings. The molecule has 0 bridgehead atoms. The molecule has 0 aliphatic carbocycles. The second-order valence-corrected chi connectivity index (χ2v) is 5.87. The van der Waals surface area contributed by atoms with E-state index in [1.165, 1.54) is 7.11 Å². The minimum absolute atomic E-state index is 0.0339. The standard InChI is InChI=1S/C17H13F2N3OS/c1-3-24-17-15(19)13(9-21)12(8-20)14(18)16(17)22-10-5-4-6-11(7-10)23-2/h4-7,22H,3H2,1-2H3. The van der Waals surface area contributed by atoms with E-state index in [9.17, 15) is 8.78 Å². The van der Waals surface area contributed by atoms with Crippen molar-refractivity contribution in [3.05, 3.63) is 47.0 Å². The Bertz CT molecular complexity index is 856. The van der Waals surface area contributed by atoms with Gasteiger partial charge in [0.05, 0.1) is 17.7 Å². The predicted molar refractivity (Wildman–Crippen MR) is 88.5 cm³/mol. The molecule has 4 nitrogen and oxygen atoms in total. The molecule has 1 N–H and O–H groups in total. The third-order valence-electron chi connectivity index (χ3n) is 3.19. The lowest BCUT2D eigenvalue weighted by molar-refractivity contribution is 0.415. The van der Waals surface area contributed by atoms with Crippen molar-refractivity contribution in [3.63, 3.8) is 0 Å². The van der Waals surface area contributed by atoms with Crippen molar-refractivity contribution >= 4 is 23.1 Å². The first-order chi connectivity index (χ1) is 11.6. The maximum atomic E-state index is 14.7. The molecule has 2 aromatic rings. The average molecular weight is 345 g/mol. The van der Waals surface area contributed by atoms with Gasteiger partial charge in [0, 0.05) is 11.8 Å². The Morgan fingerprint density at radius 2 is 1.83 bits per heavy atom. The Morgan fingerprint density at radius 1 is 1.17 bits per heavy atom. The van der Waals surface area contributed by atoms with Crippen molar-refractivity contribution in [2.75, 3.05) is 18.2 Å². The van der Waals surface area contributed by atoms with Gasteiger partial charge in [-0.3, -0.25) is 0 Å². The summed E-state index contributed by atoms with van der Waals surface area (Å²) in [6.45, 7) is 1.78. The van der Waals surface area contributed by atoms with Crippen LogP contribution in [0.3, 0.4) is 0 Å². The van der Waals surface area contributed by atoms with Crippen LogP contribution in [0.2, 0.25) is 0 Å². The Labute approximate surface area is 142 Å². The summed E-state index contributed by atoms with van der Waals surface area (Å²) in [6.07, 6.45) is 0. The zero-order chi connectivity index (χ0) is 17.7. The van der Waals surface area contributed by atoms with Crippen molar-refractivity contribution in [1.82, 2.24) is 0 Å². The summed E-state index contributed by atoms with van der Waals surface area (Å²) in [5.41, 5.74) is -0.884. The van der Waals surface area contributed by atoms with Crippen LogP contribution in [0.4, 0.5) is 20.2 Å². The SMILES string of the molecule is CCSc1c(F)c(C#N)c(C#N)c(F)c1Nc1cccc(OC)c1. The van der Waals surface area contributed by atoms with E-state index in [0.29, 0.717) is 17.2 Å². The van der Waals surface area contributed by atoms with E-state index in [4.69, 9.17) is 15.3 Å². The molecule has 0 spiro atoms. The quantitative estimate of drug-likeness (QED) is 0.804. The van der Waals surface area contributed by atoms with Gasteiger partial charge in [-0.1, -0.05) is 13.0 Å². The molecule has 0 fully saturated rings. The second kappa shape index (κ2) is 7.67. The van der Waals surface area contributed by atoms with Gasteiger partial charge in [0.25, 0.3) is 0 Å². The highest BCUT2D eigenvalue weighted by Gasteiger charge is 2.25. The van der Waals surface area contributed by atoms with Crippen LogP contribution in [-0.4, -0.2) is 12.9 Å².